The molecule has 84 valence electrons. The number of furan rings is 1. The summed E-state index contributed by atoms with van der Waals surface area (Å²) >= 11 is 3.44. The third-order valence-corrected chi connectivity index (χ3v) is 2.95. The summed E-state index contributed by atoms with van der Waals surface area (Å²) in [5, 5.41) is 3.29. The minimum atomic E-state index is 0.0821. The fourth-order valence-electron chi connectivity index (χ4n) is 1.53. The van der Waals surface area contributed by atoms with Crippen molar-refractivity contribution in [2.45, 2.75) is 19.9 Å². The van der Waals surface area contributed by atoms with Crippen LogP contribution in [0.25, 0.3) is 0 Å². The molecule has 0 saturated heterocycles. The monoisotopic (exact) mass is 280 g/mol. The molecular formula is C12H13BrN2O. The third kappa shape index (κ3) is 2.44. The molecule has 0 fully saturated rings. The van der Waals surface area contributed by atoms with Gasteiger partial charge in [0.05, 0.1) is 16.8 Å². The van der Waals surface area contributed by atoms with Gasteiger partial charge in [-0.3, -0.25) is 0 Å². The van der Waals surface area contributed by atoms with Crippen molar-refractivity contribution >= 4 is 21.7 Å². The highest BCUT2D eigenvalue weighted by atomic mass is 79.9. The van der Waals surface area contributed by atoms with Crippen LogP contribution < -0.4 is 5.32 Å². The van der Waals surface area contributed by atoms with Crippen molar-refractivity contribution in [3.05, 3.63) is 46.5 Å². The first-order valence-corrected chi connectivity index (χ1v) is 5.89. The SMILES string of the molecule is Cc1cccc(NC(C)c2occc2Br)n1. The normalized spacial score (nSPS) is 12.4. The number of nitrogens with one attached hydrogen (secondary N) is 1. The molecule has 0 radical (unpaired) electrons. The Bertz CT molecular complexity index is 481. The fraction of sp³-hybridized carbons (Fsp3) is 0.250. The highest BCUT2D eigenvalue weighted by Crippen LogP contribution is 2.26. The summed E-state index contributed by atoms with van der Waals surface area (Å²) in [5.74, 6) is 1.74. The van der Waals surface area contributed by atoms with Crippen molar-refractivity contribution < 1.29 is 4.42 Å². The van der Waals surface area contributed by atoms with Crippen LogP contribution in [0.5, 0.6) is 0 Å². The van der Waals surface area contributed by atoms with Crippen molar-refractivity contribution in [2.24, 2.45) is 0 Å². The lowest BCUT2D eigenvalue weighted by Gasteiger charge is -2.12. The van der Waals surface area contributed by atoms with E-state index in [1.165, 1.54) is 0 Å². The molecule has 2 aromatic heterocycles. The summed E-state index contributed by atoms with van der Waals surface area (Å²) in [7, 11) is 0. The average molecular weight is 281 g/mol. The summed E-state index contributed by atoms with van der Waals surface area (Å²) in [6, 6.07) is 7.86. The Labute approximate surface area is 103 Å². The Balaban J connectivity index is 2.14. The van der Waals surface area contributed by atoms with E-state index in [0.29, 0.717) is 0 Å². The number of rotatable bonds is 3. The molecule has 1 N–H and O–H groups in total. The Kier molecular flexibility index (Phi) is 3.29. The maximum Gasteiger partial charge on any atom is 0.139 e. The van der Waals surface area contributed by atoms with Crippen molar-refractivity contribution in [2.75, 3.05) is 5.32 Å². The van der Waals surface area contributed by atoms with E-state index in [1.807, 2.05) is 38.1 Å². The van der Waals surface area contributed by atoms with Crippen LogP contribution >= 0.6 is 15.9 Å². The van der Waals surface area contributed by atoms with Gasteiger partial charge in [-0.1, -0.05) is 6.07 Å². The van der Waals surface area contributed by atoms with E-state index in [4.69, 9.17) is 4.42 Å². The Morgan fingerprint density at radius 1 is 1.38 bits per heavy atom. The van der Waals surface area contributed by atoms with Crippen LogP contribution in [-0.2, 0) is 0 Å². The Hall–Kier alpha value is -1.29. The number of halogens is 1. The van der Waals surface area contributed by atoms with Gasteiger partial charge in [0.25, 0.3) is 0 Å². The quantitative estimate of drug-likeness (QED) is 0.926. The largest absolute Gasteiger partial charge is 0.466 e. The zero-order valence-electron chi connectivity index (χ0n) is 9.20. The van der Waals surface area contributed by atoms with Gasteiger partial charge in [-0.15, -0.1) is 0 Å². The van der Waals surface area contributed by atoms with Gasteiger partial charge in [0, 0.05) is 5.69 Å². The second kappa shape index (κ2) is 4.70. The standard InChI is InChI=1S/C12H13BrN2O/c1-8-4-3-5-11(14-8)15-9(2)12-10(13)6-7-16-12/h3-7,9H,1-2H3,(H,14,15). The first-order valence-electron chi connectivity index (χ1n) is 5.10. The van der Waals surface area contributed by atoms with E-state index in [9.17, 15) is 0 Å². The second-order valence-electron chi connectivity index (χ2n) is 3.66. The molecule has 0 aliphatic rings. The van der Waals surface area contributed by atoms with Crippen molar-refractivity contribution in [3.8, 4) is 0 Å². The Morgan fingerprint density at radius 2 is 2.19 bits per heavy atom. The van der Waals surface area contributed by atoms with Gasteiger partial charge in [-0.05, 0) is 48.0 Å². The summed E-state index contributed by atoms with van der Waals surface area (Å²) in [6.45, 7) is 4.01. The van der Waals surface area contributed by atoms with Gasteiger partial charge in [-0.25, -0.2) is 4.98 Å². The van der Waals surface area contributed by atoms with Crippen molar-refractivity contribution in [1.82, 2.24) is 4.98 Å². The molecule has 3 nitrogen and oxygen atoms in total. The van der Waals surface area contributed by atoms with Gasteiger partial charge in [0.15, 0.2) is 0 Å². The molecule has 0 aliphatic heterocycles. The average Bonchev–Trinajstić information content (AvgIpc) is 2.64. The molecule has 0 bridgehead atoms. The zero-order chi connectivity index (χ0) is 11.5. The first-order chi connectivity index (χ1) is 7.66. The number of hydrogen-bond donors (Lipinski definition) is 1. The number of aromatic nitrogens is 1. The highest BCUT2D eigenvalue weighted by Gasteiger charge is 2.12. The van der Waals surface area contributed by atoms with Crippen LogP contribution in [0.1, 0.15) is 24.4 Å². The molecule has 0 spiro atoms. The summed E-state index contributed by atoms with van der Waals surface area (Å²) < 4.78 is 6.36. The van der Waals surface area contributed by atoms with Gasteiger partial charge in [0.1, 0.15) is 11.6 Å². The lowest BCUT2D eigenvalue weighted by molar-refractivity contribution is 0.488. The topological polar surface area (TPSA) is 38.1 Å². The van der Waals surface area contributed by atoms with E-state index in [0.717, 1.165) is 21.7 Å². The van der Waals surface area contributed by atoms with E-state index in [-0.39, 0.29) is 6.04 Å². The first kappa shape index (κ1) is 11.2. The molecular weight excluding hydrogens is 268 g/mol. The van der Waals surface area contributed by atoms with Gasteiger partial charge in [0.2, 0.25) is 0 Å². The van der Waals surface area contributed by atoms with E-state index in [2.05, 4.69) is 26.2 Å². The van der Waals surface area contributed by atoms with E-state index >= 15 is 0 Å². The molecule has 0 aromatic carbocycles. The molecule has 16 heavy (non-hydrogen) atoms. The van der Waals surface area contributed by atoms with Gasteiger partial charge < -0.3 is 9.73 Å². The smallest absolute Gasteiger partial charge is 0.139 e. The molecule has 2 heterocycles. The van der Waals surface area contributed by atoms with E-state index in [1.54, 1.807) is 6.26 Å². The third-order valence-electron chi connectivity index (χ3n) is 2.29. The fourth-order valence-corrected chi connectivity index (χ4v) is 2.07. The lowest BCUT2D eigenvalue weighted by Crippen LogP contribution is -2.07. The molecule has 4 heteroatoms. The highest BCUT2D eigenvalue weighted by molar-refractivity contribution is 9.10. The number of anilines is 1. The molecule has 0 aliphatic carbocycles. The van der Waals surface area contributed by atoms with Crippen molar-refractivity contribution in [1.29, 1.82) is 0 Å². The van der Waals surface area contributed by atoms with Gasteiger partial charge in [-0.2, -0.15) is 0 Å². The van der Waals surface area contributed by atoms with Crippen LogP contribution in [0.3, 0.4) is 0 Å². The van der Waals surface area contributed by atoms with Gasteiger partial charge >= 0.3 is 0 Å². The molecule has 1 unspecified atom stereocenters. The summed E-state index contributed by atoms with van der Waals surface area (Å²) in [4.78, 5) is 4.38. The predicted molar refractivity (Wildman–Crippen MR) is 67.4 cm³/mol. The maximum atomic E-state index is 5.39. The maximum absolute atomic E-state index is 5.39. The van der Waals surface area contributed by atoms with Crippen LogP contribution in [-0.4, -0.2) is 4.98 Å². The molecule has 2 rings (SSSR count). The number of pyridine rings is 1. The molecule has 0 saturated carbocycles. The summed E-state index contributed by atoms with van der Waals surface area (Å²) in [5.41, 5.74) is 0.996. The molecule has 2 aromatic rings. The Morgan fingerprint density at radius 3 is 2.81 bits per heavy atom. The van der Waals surface area contributed by atoms with Crippen LogP contribution in [0, 0.1) is 6.92 Å². The number of nitrogens with zero attached hydrogens (tertiary/aromatic N) is 1. The van der Waals surface area contributed by atoms with E-state index < -0.39 is 0 Å². The predicted octanol–water partition coefficient (Wildman–Crippen LogP) is 3.92. The minimum Gasteiger partial charge on any atom is -0.466 e. The van der Waals surface area contributed by atoms with Crippen LogP contribution in [0.15, 0.2) is 39.4 Å². The minimum absolute atomic E-state index is 0.0821. The second-order valence-corrected chi connectivity index (χ2v) is 4.52. The lowest BCUT2D eigenvalue weighted by atomic mass is 10.2. The van der Waals surface area contributed by atoms with Crippen molar-refractivity contribution in [3.63, 3.8) is 0 Å². The van der Waals surface area contributed by atoms with Crippen LogP contribution in [0.4, 0.5) is 5.82 Å². The summed E-state index contributed by atoms with van der Waals surface area (Å²) in [6.07, 6.45) is 1.67. The molecule has 1 atom stereocenters. The zero-order valence-corrected chi connectivity index (χ0v) is 10.8. The number of hydrogen-bond acceptors (Lipinski definition) is 3. The molecule has 0 amide bonds. The number of aryl methyl sites for hydroxylation is 1. The van der Waals surface area contributed by atoms with Crippen LogP contribution in [0.2, 0.25) is 0 Å².